The Labute approximate surface area is 94.2 Å². The molecule has 0 atom stereocenters. The Bertz CT molecular complexity index is 483. The first-order valence-corrected chi connectivity index (χ1v) is 5.14. The van der Waals surface area contributed by atoms with Gasteiger partial charge in [0.25, 0.3) is 0 Å². The minimum absolute atomic E-state index is 0.208. The van der Waals surface area contributed by atoms with Crippen LogP contribution in [0.5, 0.6) is 5.75 Å². The molecule has 2 heteroatoms. The fourth-order valence-electron chi connectivity index (χ4n) is 1.61. The van der Waals surface area contributed by atoms with E-state index >= 15 is 0 Å². The molecule has 2 aromatic carbocycles. The molecule has 0 spiro atoms. The lowest BCUT2D eigenvalue weighted by atomic mass is 10.0. The van der Waals surface area contributed by atoms with Crippen LogP contribution in [-0.4, -0.2) is 5.11 Å². The van der Waals surface area contributed by atoms with Crippen LogP contribution in [0.15, 0.2) is 36.4 Å². The number of halogens is 1. The fourth-order valence-corrected chi connectivity index (χ4v) is 1.61. The summed E-state index contributed by atoms with van der Waals surface area (Å²) in [4.78, 5) is 0. The molecule has 0 heterocycles. The molecule has 1 N–H and O–H groups in total. The molecule has 0 fully saturated rings. The van der Waals surface area contributed by atoms with Crippen LogP contribution in [0, 0.1) is 19.7 Å². The molecule has 16 heavy (non-hydrogen) atoms. The van der Waals surface area contributed by atoms with Gasteiger partial charge in [-0.05, 0) is 54.3 Å². The highest BCUT2D eigenvalue weighted by Gasteiger charge is 2.03. The Morgan fingerprint density at radius 3 is 2.12 bits per heavy atom. The molecule has 0 saturated heterocycles. The van der Waals surface area contributed by atoms with Crippen LogP contribution in [-0.2, 0) is 0 Å². The van der Waals surface area contributed by atoms with Gasteiger partial charge in [0.2, 0.25) is 0 Å². The maximum Gasteiger partial charge on any atom is 0.126 e. The highest BCUT2D eigenvalue weighted by Crippen LogP contribution is 2.27. The Balaban J connectivity index is 2.50. The van der Waals surface area contributed by atoms with Crippen LogP contribution < -0.4 is 0 Å². The van der Waals surface area contributed by atoms with E-state index in [-0.39, 0.29) is 11.6 Å². The van der Waals surface area contributed by atoms with Gasteiger partial charge in [-0.1, -0.05) is 18.2 Å². The third-order valence-electron chi connectivity index (χ3n) is 2.70. The molecule has 0 bridgehead atoms. The Morgan fingerprint density at radius 1 is 0.875 bits per heavy atom. The first-order chi connectivity index (χ1) is 7.58. The van der Waals surface area contributed by atoms with Gasteiger partial charge in [-0.2, -0.15) is 0 Å². The average molecular weight is 216 g/mol. The van der Waals surface area contributed by atoms with Crippen molar-refractivity contribution in [2.24, 2.45) is 0 Å². The summed E-state index contributed by atoms with van der Waals surface area (Å²) >= 11 is 0. The van der Waals surface area contributed by atoms with Gasteiger partial charge in [-0.15, -0.1) is 0 Å². The number of hydrogen-bond acceptors (Lipinski definition) is 1. The van der Waals surface area contributed by atoms with Gasteiger partial charge in [0.05, 0.1) is 0 Å². The maximum absolute atomic E-state index is 13.1. The molecular weight excluding hydrogens is 203 g/mol. The lowest BCUT2D eigenvalue weighted by Crippen LogP contribution is -1.85. The molecule has 0 aliphatic carbocycles. The van der Waals surface area contributed by atoms with Crippen molar-refractivity contribution in [3.63, 3.8) is 0 Å². The molecule has 2 rings (SSSR count). The van der Waals surface area contributed by atoms with Crippen LogP contribution in [0.25, 0.3) is 11.1 Å². The number of phenolic OH excluding ortho intramolecular Hbond substituents is 1. The van der Waals surface area contributed by atoms with Crippen molar-refractivity contribution in [2.45, 2.75) is 13.8 Å². The van der Waals surface area contributed by atoms with E-state index < -0.39 is 0 Å². The van der Waals surface area contributed by atoms with Crippen LogP contribution in [0.1, 0.15) is 11.1 Å². The fraction of sp³-hybridized carbons (Fsp3) is 0.143. The first kappa shape index (κ1) is 10.7. The number of aromatic hydroxyl groups is 1. The van der Waals surface area contributed by atoms with Gasteiger partial charge in [-0.25, -0.2) is 4.39 Å². The molecule has 1 nitrogen and oxygen atoms in total. The average Bonchev–Trinajstić information content (AvgIpc) is 2.26. The monoisotopic (exact) mass is 216 g/mol. The molecule has 0 amide bonds. The smallest absolute Gasteiger partial charge is 0.126 e. The summed E-state index contributed by atoms with van der Waals surface area (Å²) in [7, 11) is 0. The van der Waals surface area contributed by atoms with Crippen LogP contribution in [0.4, 0.5) is 4.39 Å². The van der Waals surface area contributed by atoms with Crippen LogP contribution in [0.2, 0.25) is 0 Å². The van der Waals surface area contributed by atoms with E-state index in [4.69, 9.17) is 0 Å². The molecule has 0 radical (unpaired) electrons. The van der Waals surface area contributed by atoms with E-state index in [1.807, 2.05) is 19.1 Å². The highest BCUT2D eigenvalue weighted by atomic mass is 19.1. The van der Waals surface area contributed by atoms with E-state index in [9.17, 15) is 9.50 Å². The predicted octanol–water partition coefficient (Wildman–Crippen LogP) is 3.82. The SMILES string of the molecule is Cc1ccc(-c2ccc(F)c(C)c2)cc1O. The van der Waals surface area contributed by atoms with E-state index in [0.717, 1.165) is 16.7 Å². The molecule has 0 saturated carbocycles. The van der Waals surface area contributed by atoms with Gasteiger partial charge >= 0.3 is 0 Å². The number of rotatable bonds is 1. The molecule has 82 valence electrons. The third-order valence-corrected chi connectivity index (χ3v) is 2.70. The second-order valence-electron chi connectivity index (χ2n) is 3.97. The zero-order chi connectivity index (χ0) is 11.7. The molecule has 0 aromatic heterocycles. The van der Waals surface area contributed by atoms with Gasteiger partial charge in [0.1, 0.15) is 11.6 Å². The molecule has 0 aliphatic rings. The van der Waals surface area contributed by atoms with E-state index in [1.165, 1.54) is 6.07 Å². The van der Waals surface area contributed by atoms with Gasteiger partial charge in [0.15, 0.2) is 0 Å². The molecular formula is C14H13FO. The van der Waals surface area contributed by atoms with Crippen LogP contribution >= 0.6 is 0 Å². The van der Waals surface area contributed by atoms with Crippen molar-refractivity contribution in [3.05, 3.63) is 53.3 Å². The van der Waals surface area contributed by atoms with Crippen molar-refractivity contribution in [1.82, 2.24) is 0 Å². The topological polar surface area (TPSA) is 20.2 Å². The van der Waals surface area contributed by atoms with Gasteiger partial charge < -0.3 is 5.11 Å². The Hall–Kier alpha value is -1.83. The van der Waals surface area contributed by atoms with E-state index in [2.05, 4.69) is 0 Å². The van der Waals surface area contributed by atoms with Gasteiger partial charge in [-0.3, -0.25) is 0 Å². The van der Waals surface area contributed by atoms with Crippen molar-refractivity contribution in [2.75, 3.05) is 0 Å². The van der Waals surface area contributed by atoms with Gasteiger partial charge in [0, 0.05) is 0 Å². The first-order valence-electron chi connectivity index (χ1n) is 5.14. The largest absolute Gasteiger partial charge is 0.508 e. The molecule has 0 unspecified atom stereocenters. The van der Waals surface area contributed by atoms with Crippen molar-refractivity contribution in [3.8, 4) is 16.9 Å². The summed E-state index contributed by atoms with van der Waals surface area (Å²) in [6.07, 6.45) is 0. The Kier molecular flexibility index (Phi) is 2.65. The standard InChI is InChI=1S/C14H13FO/c1-9-3-4-12(8-14(9)16)11-5-6-13(15)10(2)7-11/h3-8,16H,1-2H3. The van der Waals surface area contributed by atoms with Crippen LogP contribution in [0.3, 0.4) is 0 Å². The van der Waals surface area contributed by atoms with E-state index in [1.54, 1.807) is 25.1 Å². The summed E-state index contributed by atoms with van der Waals surface area (Å²) < 4.78 is 13.1. The summed E-state index contributed by atoms with van der Waals surface area (Å²) in [5.74, 6) is 0.0551. The summed E-state index contributed by atoms with van der Waals surface area (Å²) in [6, 6.07) is 10.4. The summed E-state index contributed by atoms with van der Waals surface area (Å²) in [5.41, 5.74) is 3.25. The normalized spacial score (nSPS) is 10.4. The molecule has 2 aromatic rings. The Morgan fingerprint density at radius 2 is 1.50 bits per heavy atom. The number of benzene rings is 2. The third kappa shape index (κ3) is 1.91. The zero-order valence-electron chi connectivity index (χ0n) is 9.29. The van der Waals surface area contributed by atoms with Crippen molar-refractivity contribution < 1.29 is 9.50 Å². The number of hydrogen-bond donors (Lipinski definition) is 1. The predicted molar refractivity (Wildman–Crippen MR) is 63.0 cm³/mol. The summed E-state index contributed by atoms with van der Waals surface area (Å²) in [6.45, 7) is 3.57. The van der Waals surface area contributed by atoms with E-state index in [0.29, 0.717) is 5.56 Å². The number of phenols is 1. The second kappa shape index (κ2) is 3.97. The van der Waals surface area contributed by atoms with Crippen molar-refractivity contribution in [1.29, 1.82) is 0 Å². The maximum atomic E-state index is 13.1. The minimum atomic E-state index is -0.208. The number of aryl methyl sites for hydroxylation is 2. The summed E-state index contributed by atoms with van der Waals surface area (Å²) in [5, 5.41) is 9.61. The van der Waals surface area contributed by atoms with Crippen molar-refractivity contribution >= 4 is 0 Å². The minimum Gasteiger partial charge on any atom is -0.508 e. The lowest BCUT2D eigenvalue weighted by molar-refractivity contribution is 0.471. The zero-order valence-corrected chi connectivity index (χ0v) is 9.29. The highest BCUT2D eigenvalue weighted by molar-refractivity contribution is 5.66. The second-order valence-corrected chi connectivity index (χ2v) is 3.97. The molecule has 0 aliphatic heterocycles. The quantitative estimate of drug-likeness (QED) is 0.768. The lowest BCUT2D eigenvalue weighted by Gasteiger charge is -2.06.